The van der Waals surface area contributed by atoms with Crippen LogP contribution in [0.5, 0.6) is 0 Å². The highest BCUT2D eigenvalue weighted by molar-refractivity contribution is 5.80. The summed E-state index contributed by atoms with van der Waals surface area (Å²) in [6.45, 7) is 4.24. The molecule has 1 saturated heterocycles. The second kappa shape index (κ2) is 5.51. The Bertz CT molecular complexity index is 833. The standard InChI is InChI=1S/C16H19N7/c1-21-4-6-22(7-5-21)13-2-3-14-15(8-13)20-16(10-18-14)12-9-19-23(17)11-12/h2-3,8-11H,4-7,17H2,1H3. The number of piperazine rings is 1. The molecule has 0 unspecified atom stereocenters. The molecular weight excluding hydrogens is 290 g/mol. The van der Waals surface area contributed by atoms with Gasteiger partial charge in [-0.15, -0.1) is 0 Å². The molecule has 7 nitrogen and oxygen atoms in total. The molecule has 2 aromatic heterocycles. The molecule has 2 N–H and O–H groups in total. The molecular formula is C16H19N7. The first-order chi connectivity index (χ1) is 11.2. The van der Waals surface area contributed by atoms with E-state index >= 15 is 0 Å². The number of hydrogen-bond acceptors (Lipinski definition) is 6. The zero-order valence-electron chi connectivity index (χ0n) is 13.1. The third-order valence-electron chi connectivity index (χ3n) is 4.29. The van der Waals surface area contributed by atoms with Gasteiger partial charge < -0.3 is 15.6 Å². The maximum absolute atomic E-state index is 5.61. The van der Waals surface area contributed by atoms with Crippen LogP contribution in [0, 0.1) is 0 Å². The Balaban J connectivity index is 1.69. The maximum atomic E-state index is 5.61. The lowest BCUT2D eigenvalue weighted by molar-refractivity contribution is 0.313. The van der Waals surface area contributed by atoms with Crippen molar-refractivity contribution in [3.05, 3.63) is 36.8 Å². The van der Waals surface area contributed by atoms with Crippen LogP contribution in [0.15, 0.2) is 36.8 Å². The summed E-state index contributed by atoms with van der Waals surface area (Å²) < 4.78 is 0. The lowest BCUT2D eigenvalue weighted by Gasteiger charge is -2.34. The molecule has 3 heterocycles. The van der Waals surface area contributed by atoms with Crippen LogP contribution in [-0.2, 0) is 0 Å². The van der Waals surface area contributed by atoms with E-state index in [-0.39, 0.29) is 0 Å². The van der Waals surface area contributed by atoms with Crippen LogP contribution >= 0.6 is 0 Å². The maximum Gasteiger partial charge on any atom is 0.0925 e. The Labute approximate surface area is 134 Å². The molecule has 23 heavy (non-hydrogen) atoms. The van der Waals surface area contributed by atoms with E-state index in [1.807, 2.05) is 6.07 Å². The van der Waals surface area contributed by atoms with E-state index < -0.39 is 0 Å². The summed E-state index contributed by atoms with van der Waals surface area (Å²) in [6.07, 6.45) is 5.19. The van der Waals surface area contributed by atoms with E-state index in [9.17, 15) is 0 Å². The quantitative estimate of drug-likeness (QED) is 0.711. The first-order valence-electron chi connectivity index (χ1n) is 7.69. The summed E-state index contributed by atoms with van der Waals surface area (Å²) >= 11 is 0. The van der Waals surface area contributed by atoms with Crippen molar-refractivity contribution in [2.45, 2.75) is 0 Å². The van der Waals surface area contributed by atoms with Gasteiger partial charge >= 0.3 is 0 Å². The number of anilines is 1. The van der Waals surface area contributed by atoms with Crippen molar-refractivity contribution in [1.29, 1.82) is 0 Å². The van der Waals surface area contributed by atoms with Crippen LogP contribution in [-0.4, -0.2) is 58.0 Å². The van der Waals surface area contributed by atoms with E-state index in [4.69, 9.17) is 10.8 Å². The fourth-order valence-corrected chi connectivity index (χ4v) is 2.87. The van der Waals surface area contributed by atoms with Gasteiger partial charge in [0, 0.05) is 37.4 Å². The largest absolute Gasteiger partial charge is 0.369 e. The number of rotatable bonds is 2. The van der Waals surface area contributed by atoms with E-state index in [0.717, 1.165) is 48.5 Å². The molecule has 0 saturated carbocycles. The summed E-state index contributed by atoms with van der Waals surface area (Å²) in [7, 11) is 2.16. The molecule has 0 radical (unpaired) electrons. The lowest BCUT2D eigenvalue weighted by Crippen LogP contribution is -2.44. The minimum Gasteiger partial charge on any atom is -0.369 e. The van der Waals surface area contributed by atoms with Gasteiger partial charge in [-0.25, -0.2) is 4.98 Å². The SMILES string of the molecule is CN1CCN(c2ccc3ncc(-c4cnn(N)c4)nc3c2)CC1. The van der Waals surface area contributed by atoms with Crippen molar-refractivity contribution in [3.8, 4) is 11.3 Å². The van der Waals surface area contributed by atoms with Gasteiger partial charge in [0.2, 0.25) is 0 Å². The lowest BCUT2D eigenvalue weighted by atomic mass is 10.2. The van der Waals surface area contributed by atoms with Crippen LogP contribution in [0.25, 0.3) is 22.3 Å². The van der Waals surface area contributed by atoms with E-state index in [1.54, 1.807) is 18.6 Å². The normalized spacial score (nSPS) is 16.1. The number of fused-ring (bicyclic) bond motifs is 1. The Morgan fingerprint density at radius 3 is 2.61 bits per heavy atom. The van der Waals surface area contributed by atoms with Gasteiger partial charge in [0.25, 0.3) is 0 Å². The van der Waals surface area contributed by atoms with Crippen molar-refractivity contribution in [2.24, 2.45) is 0 Å². The second-order valence-corrected chi connectivity index (χ2v) is 5.93. The molecule has 1 aliphatic heterocycles. The third kappa shape index (κ3) is 2.70. The number of hydrogen-bond donors (Lipinski definition) is 1. The first-order valence-corrected chi connectivity index (χ1v) is 7.69. The molecule has 7 heteroatoms. The van der Waals surface area contributed by atoms with Crippen molar-refractivity contribution >= 4 is 16.7 Å². The molecule has 0 bridgehead atoms. The highest BCUT2D eigenvalue weighted by Crippen LogP contribution is 2.23. The predicted molar refractivity (Wildman–Crippen MR) is 90.6 cm³/mol. The zero-order chi connectivity index (χ0) is 15.8. The molecule has 0 spiro atoms. The smallest absolute Gasteiger partial charge is 0.0925 e. The van der Waals surface area contributed by atoms with Crippen molar-refractivity contribution in [2.75, 3.05) is 44.0 Å². The number of aromatic nitrogens is 4. The average Bonchev–Trinajstić information content (AvgIpc) is 3.01. The van der Waals surface area contributed by atoms with Gasteiger partial charge in [0.1, 0.15) is 0 Å². The van der Waals surface area contributed by atoms with Gasteiger partial charge in [-0.3, -0.25) is 4.98 Å². The molecule has 1 aliphatic rings. The van der Waals surface area contributed by atoms with Gasteiger partial charge in [-0.1, -0.05) is 0 Å². The Kier molecular flexibility index (Phi) is 3.34. The highest BCUT2D eigenvalue weighted by atomic mass is 15.5. The van der Waals surface area contributed by atoms with Crippen molar-refractivity contribution < 1.29 is 0 Å². The summed E-state index contributed by atoms with van der Waals surface area (Å²) in [5.41, 5.74) is 4.64. The Morgan fingerprint density at radius 1 is 1.04 bits per heavy atom. The summed E-state index contributed by atoms with van der Waals surface area (Å²) in [4.78, 5) is 15.2. The average molecular weight is 309 g/mol. The number of likely N-dealkylation sites (N-methyl/N-ethyl adjacent to an activating group) is 1. The third-order valence-corrected chi connectivity index (χ3v) is 4.29. The minimum atomic E-state index is 0.782. The Morgan fingerprint density at radius 2 is 1.87 bits per heavy atom. The van der Waals surface area contributed by atoms with Gasteiger partial charge in [0.15, 0.2) is 0 Å². The molecule has 0 atom stereocenters. The van der Waals surface area contributed by atoms with Crippen LogP contribution in [0.2, 0.25) is 0 Å². The monoisotopic (exact) mass is 309 g/mol. The molecule has 1 fully saturated rings. The topological polar surface area (TPSA) is 76.1 Å². The molecule has 0 aliphatic carbocycles. The molecule has 4 rings (SSSR count). The van der Waals surface area contributed by atoms with Crippen LogP contribution in [0.3, 0.4) is 0 Å². The van der Waals surface area contributed by atoms with Crippen LogP contribution in [0.1, 0.15) is 0 Å². The number of nitrogens with two attached hydrogens (primary N) is 1. The summed E-state index contributed by atoms with van der Waals surface area (Å²) in [6, 6.07) is 6.27. The molecule has 1 aromatic carbocycles. The fourth-order valence-electron chi connectivity index (χ4n) is 2.87. The van der Waals surface area contributed by atoms with E-state index in [1.165, 1.54) is 10.5 Å². The summed E-state index contributed by atoms with van der Waals surface area (Å²) in [5, 5.41) is 3.98. The van der Waals surface area contributed by atoms with Gasteiger partial charge in [0.05, 0.1) is 35.3 Å². The van der Waals surface area contributed by atoms with Crippen LogP contribution in [0.4, 0.5) is 5.69 Å². The molecule has 3 aromatic rings. The highest BCUT2D eigenvalue weighted by Gasteiger charge is 2.15. The summed E-state index contributed by atoms with van der Waals surface area (Å²) in [5.74, 6) is 5.61. The van der Waals surface area contributed by atoms with Crippen LogP contribution < -0.4 is 10.7 Å². The van der Waals surface area contributed by atoms with Crippen molar-refractivity contribution in [3.63, 3.8) is 0 Å². The minimum absolute atomic E-state index is 0.782. The van der Waals surface area contributed by atoms with Gasteiger partial charge in [-0.05, 0) is 25.2 Å². The van der Waals surface area contributed by atoms with E-state index in [0.29, 0.717) is 0 Å². The zero-order valence-corrected chi connectivity index (χ0v) is 13.1. The Hall–Kier alpha value is -2.67. The van der Waals surface area contributed by atoms with E-state index in [2.05, 4.69) is 39.1 Å². The molecule has 0 amide bonds. The molecule has 118 valence electrons. The van der Waals surface area contributed by atoms with Crippen molar-refractivity contribution in [1.82, 2.24) is 24.8 Å². The fraction of sp³-hybridized carbons (Fsp3) is 0.312. The second-order valence-electron chi connectivity index (χ2n) is 5.93. The number of benzene rings is 1. The number of nitrogens with zero attached hydrogens (tertiary/aromatic N) is 6. The first kappa shape index (κ1) is 14.0. The predicted octanol–water partition coefficient (Wildman–Crippen LogP) is 0.959. The van der Waals surface area contributed by atoms with Gasteiger partial charge in [-0.2, -0.15) is 9.89 Å². The number of nitrogen functional groups attached to an aromatic ring is 1.